The van der Waals surface area contributed by atoms with Crippen molar-refractivity contribution in [2.75, 3.05) is 13.6 Å². The zero-order valence-corrected chi connectivity index (χ0v) is 10.9. The molecule has 0 fully saturated rings. The van der Waals surface area contributed by atoms with Crippen molar-refractivity contribution in [2.45, 2.75) is 45.1 Å². The number of benzene rings is 1. The van der Waals surface area contributed by atoms with Gasteiger partial charge in [0, 0.05) is 6.04 Å². The molecule has 0 aliphatic heterocycles. The summed E-state index contributed by atoms with van der Waals surface area (Å²) in [5.41, 5.74) is 2.75. The van der Waals surface area contributed by atoms with Gasteiger partial charge in [0.15, 0.2) is 0 Å². The van der Waals surface area contributed by atoms with Crippen LogP contribution in [0.5, 0.6) is 5.75 Å². The van der Waals surface area contributed by atoms with Crippen LogP contribution in [0.1, 0.15) is 49.8 Å². The van der Waals surface area contributed by atoms with Crippen molar-refractivity contribution in [3.8, 4) is 5.75 Å². The normalized spacial score (nSPS) is 18.6. The van der Waals surface area contributed by atoms with E-state index in [0.29, 0.717) is 11.8 Å². The molecule has 2 heteroatoms. The van der Waals surface area contributed by atoms with Crippen LogP contribution in [-0.2, 0) is 6.42 Å². The average Bonchev–Trinajstić information content (AvgIpc) is 2.72. The zero-order chi connectivity index (χ0) is 12.3. The smallest absolute Gasteiger partial charge is 0.115 e. The Kier molecular flexibility index (Phi) is 4.06. The molecule has 1 aliphatic rings. The first-order chi connectivity index (χ1) is 8.22. The Bertz CT molecular complexity index is 375. The number of fused-ring (bicyclic) bond motifs is 1. The maximum Gasteiger partial charge on any atom is 0.115 e. The van der Waals surface area contributed by atoms with Gasteiger partial charge in [-0.15, -0.1) is 0 Å². The van der Waals surface area contributed by atoms with Crippen molar-refractivity contribution in [1.82, 2.24) is 4.90 Å². The van der Waals surface area contributed by atoms with Crippen LogP contribution in [0.3, 0.4) is 0 Å². The van der Waals surface area contributed by atoms with E-state index in [-0.39, 0.29) is 0 Å². The second-order valence-corrected chi connectivity index (χ2v) is 5.13. The van der Waals surface area contributed by atoms with Gasteiger partial charge < -0.3 is 5.11 Å². The van der Waals surface area contributed by atoms with Crippen LogP contribution in [0.25, 0.3) is 0 Å². The van der Waals surface area contributed by atoms with Crippen molar-refractivity contribution in [1.29, 1.82) is 0 Å². The van der Waals surface area contributed by atoms with Crippen LogP contribution >= 0.6 is 0 Å². The Morgan fingerprint density at radius 1 is 1.35 bits per heavy atom. The van der Waals surface area contributed by atoms with Crippen molar-refractivity contribution in [3.05, 3.63) is 29.3 Å². The van der Waals surface area contributed by atoms with Gasteiger partial charge in [0.25, 0.3) is 0 Å². The van der Waals surface area contributed by atoms with E-state index >= 15 is 0 Å². The number of aromatic hydroxyl groups is 1. The molecule has 1 aromatic carbocycles. The second kappa shape index (κ2) is 5.54. The maximum absolute atomic E-state index is 9.48. The molecule has 94 valence electrons. The molecule has 1 aromatic rings. The molecule has 0 bridgehead atoms. The highest BCUT2D eigenvalue weighted by Gasteiger charge is 2.25. The third-order valence-corrected chi connectivity index (χ3v) is 3.82. The van der Waals surface area contributed by atoms with Crippen molar-refractivity contribution in [2.24, 2.45) is 0 Å². The molecule has 0 aromatic heterocycles. The highest BCUT2D eigenvalue weighted by molar-refractivity contribution is 5.40. The van der Waals surface area contributed by atoms with Gasteiger partial charge in [-0.25, -0.2) is 0 Å². The van der Waals surface area contributed by atoms with Gasteiger partial charge in [0.2, 0.25) is 0 Å². The van der Waals surface area contributed by atoms with Crippen molar-refractivity contribution in [3.63, 3.8) is 0 Å². The van der Waals surface area contributed by atoms with Crippen LogP contribution in [0, 0.1) is 0 Å². The third-order valence-electron chi connectivity index (χ3n) is 3.82. The van der Waals surface area contributed by atoms with Gasteiger partial charge >= 0.3 is 0 Å². The van der Waals surface area contributed by atoms with E-state index in [9.17, 15) is 5.11 Å². The summed E-state index contributed by atoms with van der Waals surface area (Å²) in [4.78, 5) is 2.47. The molecule has 0 radical (unpaired) electrons. The van der Waals surface area contributed by atoms with E-state index < -0.39 is 0 Å². The minimum atomic E-state index is 0.401. The quantitative estimate of drug-likeness (QED) is 0.787. The van der Waals surface area contributed by atoms with E-state index in [1.54, 1.807) is 0 Å². The van der Waals surface area contributed by atoms with E-state index in [4.69, 9.17) is 0 Å². The highest BCUT2D eigenvalue weighted by Crippen LogP contribution is 2.36. The fourth-order valence-electron chi connectivity index (χ4n) is 2.81. The predicted octanol–water partition coefficient (Wildman–Crippen LogP) is 3.50. The highest BCUT2D eigenvalue weighted by atomic mass is 16.3. The predicted molar refractivity (Wildman–Crippen MR) is 71.3 cm³/mol. The topological polar surface area (TPSA) is 23.5 Å². The number of phenolic OH excluding ortho intramolecular Hbond substituents is 1. The summed E-state index contributed by atoms with van der Waals surface area (Å²) in [5, 5.41) is 9.48. The molecule has 0 heterocycles. The molecule has 0 spiro atoms. The Balaban J connectivity index is 2.01. The summed E-state index contributed by atoms with van der Waals surface area (Å²) in [5.74, 6) is 0.401. The molecule has 17 heavy (non-hydrogen) atoms. The van der Waals surface area contributed by atoms with E-state index in [2.05, 4.69) is 24.9 Å². The monoisotopic (exact) mass is 233 g/mol. The number of nitrogens with zero attached hydrogens (tertiary/aromatic N) is 1. The first-order valence-electron chi connectivity index (χ1n) is 6.74. The van der Waals surface area contributed by atoms with Gasteiger partial charge in [-0.1, -0.05) is 25.8 Å². The first-order valence-corrected chi connectivity index (χ1v) is 6.74. The Morgan fingerprint density at radius 3 is 2.94 bits per heavy atom. The number of hydrogen-bond acceptors (Lipinski definition) is 2. The Hall–Kier alpha value is -1.02. The molecule has 1 aliphatic carbocycles. The molecular formula is C15H23NO. The van der Waals surface area contributed by atoms with Crippen molar-refractivity contribution >= 4 is 0 Å². The Labute approximate surface area is 104 Å². The average molecular weight is 233 g/mol. The lowest BCUT2D eigenvalue weighted by molar-refractivity contribution is 0.239. The van der Waals surface area contributed by atoms with Gasteiger partial charge in [-0.05, 0) is 56.1 Å². The molecule has 0 saturated carbocycles. The minimum absolute atomic E-state index is 0.401. The molecule has 2 nitrogen and oxygen atoms in total. The standard InChI is InChI=1S/C15H23NO/c1-3-4-5-10-16(2)15-9-6-12-11-13(17)7-8-14(12)15/h7-8,11,15,17H,3-6,9-10H2,1-2H3. The van der Waals surface area contributed by atoms with Crippen molar-refractivity contribution < 1.29 is 5.11 Å². The van der Waals surface area contributed by atoms with E-state index in [1.165, 1.54) is 43.4 Å². The number of unbranched alkanes of at least 4 members (excludes halogenated alkanes) is 2. The van der Waals surface area contributed by atoms with E-state index in [1.807, 2.05) is 12.1 Å². The second-order valence-electron chi connectivity index (χ2n) is 5.13. The number of hydrogen-bond donors (Lipinski definition) is 1. The Morgan fingerprint density at radius 2 is 2.18 bits per heavy atom. The summed E-state index contributed by atoms with van der Waals surface area (Å²) in [6.07, 6.45) is 6.19. The molecule has 0 amide bonds. The van der Waals surface area contributed by atoms with Crippen LogP contribution in [0.15, 0.2) is 18.2 Å². The fourth-order valence-corrected chi connectivity index (χ4v) is 2.81. The minimum Gasteiger partial charge on any atom is -0.508 e. The lowest BCUT2D eigenvalue weighted by Crippen LogP contribution is -2.24. The fraction of sp³-hybridized carbons (Fsp3) is 0.600. The SMILES string of the molecule is CCCCCN(C)C1CCc2cc(O)ccc21. The van der Waals surface area contributed by atoms with Gasteiger partial charge in [0.05, 0.1) is 0 Å². The van der Waals surface area contributed by atoms with Gasteiger partial charge in [0.1, 0.15) is 5.75 Å². The molecule has 2 rings (SSSR count). The largest absolute Gasteiger partial charge is 0.508 e. The molecule has 1 unspecified atom stereocenters. The first kappa shape index (κ1) is 12.4. The summed E-state index contributed by atoms with van der Waals surface area (Å²) < 4.78 is 0. The summed E-state index contributed by atoms with van der Waals surface area (Å²) >= 11 is 0. The molecule has 1 atom stereocenters. The molecular weight excluding hydrogens is 210 g/mol. The molecule has 1 N–H and O–H groups in total. The van der Waals surface area contributed by atoms with Crippen LogP contribution in [0.2, 0.25) is 0 Å². The number of rotatable bonds is 5. The number of phenols is 1. The summed E-state index contributed by atoms with van der Waals surface area (Å²) in [6.45, 7) is 3.42. The summed E-state index contributed by atoms with van der Waals surface area (Å²) in [7, 11) is 2.22. The zero-order valence-electron chi connectivity index (χ0n) is 10.9. The van der Waals surface area contributed by atoms with Gasteiger partial charge in [-0.2, -0.15) is 0 Å². The lowest BCUT2D eigenvalue weighted by atomic mass is 10.1. The van der Waals surface area contributed by atoms with Crippen LogP contribution in [-0.4, -0.2) is 23.6 Å². The third kappa shape index (κ3) is 2.81. The lowest BCUT2D eigenvalue weighted by Gasteiger charge is -2.25. The van der Waals surface area contributed by atoms with Gasteiger partial charge in [-0.3, -0.25) is 4.90 Å². The summed E-state index contributed by atoms with van der Waals surface area (Å²) in [6, 6.07) is 6.40. The van der Waals surface area contributed by atoms with Crippen LogP contribution in [0.4, 0.5) is 0 Å². The molecule has 0 saturated heterocycles. The van der Waals surface area contributed by atoms with E-state index in [0.717, 1.165) is 6.42 Å². The maximum atomic E-state index is 9.48. The number of aryl methyl sites for hydroxylation is 1. The van der Waals surface area contributed by atoms with Crippen LogP contribution < -0.4 is 0 Å².